The molecule has 2 aliphatic rings. The number of hydrogen-bond acceptors (Lipinski definition) is 5. The molecular weight excluding hydrogens is 448 g/mol. The molecular formula is C27H30N2O6. The molecule has 3 unspecified atom stereocenters. The van der Waals surface area contributed by atoms with Crippen LogP contribution in [0.3, 0.4) is 0 Å². The number of carbonyl (C=O) groups is 3. The van der Waals surface area contributed by atoms with Crippen LogP contribution in [0.1, 0.15) is 31.4 Å². The molecule has 2 aromatic rings. The van der Waals surface area contributed by atoms with Gasteiger partial charge in [0, 0.05) is 0 Å². The number of rotatable bonds is 7. The van der Waals surface area contributed by atoms with E-state index in [9.17, 15) is 19.5 Å². The summed E-state index contributed by atoms with van der Waals surface area (Å²) in [5, 5.41) is 9.87. The second-order valence-electron chi connectivity index (χ2n) is 9.28. The number of carboxylic acid groups (broad SMARTS) is 1. The molecule has 3 atom stereocenters. The minimum atomic E-state index is -1.05. The van der Waals surface area contributed by atoms with Gasteiger partial charge in [-0.15, -0.1) is 0 Å². The van der Waals surface area contributed by atoms with E-state index >= 15 is 0 Å². The number of amides is 3. The zero-order valence-electron chi connectivity index (χ0n) is 19.9. The minimum absolute atomic E-state index is 0.153. The molecule has 0 saturated carbocycles. The Kier molecular flexibility index (Phi) is 7.21. The van der Waals surface area contributed by atoms with Crippen molar-refractivity contribution in [3.05, 3.63) is 83.9 Å². The normalized spacial score (nSPS) is 23.6. The predicted molar refractivity (Wildman–Crippen MR) is 129 cm³/mol. The summed E-state index contributed by atoms with van der Waals surface area (Å²) in [5.74, 6) is -0.458. The summed E-state index contributed by atoms with van der Waals surface area (Å²) in [5.41, 5.74) is 1.00. The molecule has 35 heavy (non-hydrogen) atoms. The van der Waals surface area contributed by atoms with Crippen molar-refractivity contribution >= 4 is 18.1 Å². The lowest BCUT2D eigenvalue weighted by Gasteiger charge is -2.31. The first-order valence-electron chi connectivity index (χ1n) is 11.7. The molecule has 0 bridgehead atoms. The Balaban J connectivity index is 1.45. The van der Waals surface area contributed by atoms with Crippen LogP contribution in [-0.4, -0.2) is 63.5 Å². The van der Waals surface area contributed by atoms with Crippen molar-refractivity contribution in [3.8, 4) is 0 Å². The average molecular weight is 479 g/mol. The van der Waals surface area contributed by atoms with Gasteiger partial charge >= 0.3 is 12.2 Å². The second kappa shape index (κ2) is 10.3. The lowest BCUT2D eigenvalue weighted by molar-refractivity contribution is -0.124. The third-order valence-corrected chi connectivity index (χ3v) is 6.42. The van der Waals surface area contributed by atoms with E-state index in [1.807, 2.05) is 60.7 Å². The second-order valence-corrected chi connectivity index (χ2v) is 9.28. The van der Waals surface area contributed by atoms with E-state index < -0.39 is 36.0 Å². The van der Waals surface area contributed by atoms with Gasteiger partial charge in [0.2, 0.25) is 0 Å². The van der Waals surface area contributed by atoms with E-state index in [4.69, 9.17) is 9.47 Å². The number of hydrogen-bond donors (Lipinski definition) is 1. The van der Waals surface area contributed by atoms with Gasteiger partial charge in [-0.2, -0.15) is 0 Å². The van der Waals surface area contributed by atoms with Gasteiger partial charge in [0.05, 0.1) is 18.2 Å². The van der Waals surface area contributed by atoms with Gasteiger partial charge in [-0.1, -0.05) is 66.7 Å². The molecule has 0 aliphatic carbocycles. The molecule has 0 aromatic heterocycles. The monoisotopic (exact) mass is 478 g/mol. The van der Waals surface area contributed by atoms with E-state index in [1.165, 1.54) is 11.0 Å². The first-order valence-corrected chi connectivity index (χ1v) is 11.7. The summed E-state index contributed by atoms with van der Waals surface area (Å²) >= 11 is 0. The fourth-order valence-electron chi connectivity index (χ4n) is 4.88. The molecule has 8 nitrogen and oxygen atoms in total. The topological polar surface area (TPSA) is 96.4 Å². The Morgan fingerprint density at radius 3 is 2.23 bits per heavy atom. The molecule has 2 saturated heterocycles. The number of benzene rings is 2. The minimum Gasteiger partial charge on any atom is -0.465 e. The van der Waals surface area contributed by atoms with Gasteiger partial charge in [0.15, 0.2) is 0 Å². The van der Waals surface area contributed by atoms with Crippen LogP contribution in [0.4, 0.5) is 9.59 Å². The smallest absolute Gasteiger partial charge is 0.417 e. The van der Waals surface area contributed by atoms with Crippen LogP contribution in [0.25, 0.3) is 0 Å². The van der Waals surface area contributed by atoms with Crippen LogP contribution < -0.4 is 0 Å². The summed E-state index contributed by atoms with van der Waals surface area (Å²) in [4.78, 5) is 39.7. The Hall–Kier alpha value is -3.65. The summed E-state index contributed by atoms with van der Waals surface area (Å²) in [6.07, 6.45) is 2.17. The van der Waals surface area contributed by atoms with Crippen LogP contribution in [0.2, 0.25) is 0 Å². The maximum absolute atomic E-state index is 12.9. The SMILES string of the molecule is CC1(C)OC(C/C=C/C(=O)N2C(=O)OCC2Cc2ccccc2)C(Cc2ccccc2)N1C(=O)O. The highest BCUT2D eigenvalue weighted by Gasteiger charge is 2.49. The highest BCUT2D eigenvalue weighted by Crippen LogP contribution is 2.35. The molecule has 8 heteroatoms. The molecule has 0 radical (unpaired) electrons. The third kappa shape index (κ3) is 5.54. The number of cyclic esters (lactones) is 1. The van der Waals surface area contributed by atoms with Crippen molar-refractivity contribution in [3.63, 3.8) is 0 Å². The summed E-state index contributed by atoms with van der Waals surface area (Å²) in [7, 11) is 0. The van der Waals surface area contributed by atoms with Crippen LogP contribution in [0.5, 0.6) is 0 Å². The highest BCUT2D eigenvalue weighted by atomic mass is 16.6. The number of imide groups is 1. The number of carbonyl (C=O) groups excluding carboxylic acids is 2. The fraction of sp³-hybridized carbons (Fsp3) is 0.370. The van der Waals surface area contributed by atoms with E-state index in [1.54, 1.807) is 19.9 Å². The lowest BCUT2D eigenvalue weighted by atomic mass is 9.98. The van der Waals surface area contributed by atoms with E-state index in [-0.39, 0.29) is 12.6 Å². The molecule has 184 valence electrons. The quantitative estimate of drug-likeness (QED) is 0.598. The zero-order chi connectivity index (χ0) is 25.0. The zero-order valence-corrected chi connectivity index (χ0v) is 19.9. The fourth-order valence-corrected chi connectivity index (χ4v) is 4.88. The molecule has 4 rings (SSSR count). The lowest BCUT2D eigenvalue weighted by Crippen LogP contribution is -2.48. The third-order valence-electron chi connectivity index (χ3n) is 6.42. The van der Waals surface area contributed by atoms with Gasteiger partial charge in [-0.25, -0.2) is 14.5 Å². The highest BCUT2D eigenvalue weighted by molar-refractivity contribution is 5.99. The summed E-state index contributed by atoms with van der Waals surface area (Å²) < 4.78 is 11.3. The van der Waals surface area contributed by atoms with Crippen molar-refractivity contribution in [1.82, 2.24) is 9.80 Å². The summed E-state index contributed by atoms with van der Waals surface area (Å²) in [6, 6.07) is 18.5. The molecule has 0 spiro atoms. The van der Waals surface area contributed by atoms with Crippen molar-refractivity contribution in [2.45, 2.75) is 57.0 Å². The standard InChI is InChI=1S/C27H30N2O6/c1-27(2)29(25(31)32)22(17-20-12-7-4-8-13-20)23(35-27)14-9-15-24(30)28-21(18-34-26(28)33)16-19-10-5-3-6-11-19/h3-13,15,21-23H,14,16-18H2,1-2H3,(H,31,32)/b15-9+. The van der Waals surface area contributed by atoms with Crippen LogP contribution in [0, 0.1) is 0 Å². The first kappa shape index (κ1) is 24.5. The number of ether oxygens (including phenoxy) is 2. The Bertz CT molecular complexity index is 1090. The predicted octanol–water partition coefficient (Wildman–Crippen LogP) is 4.25. The van der Waals surface area contributed by atoms with E-state index in [0.717, 1.165) is 16.0 Å². The van der Waals surface area contributed by atoms with Gasteiger partial charge in [0.25, 0.3) is 5.91 Å². The molecule has 1 N–H and O–H groups in total. The molecule has 2 fully saturated rings. The van der Waals surface area contributed by atoms with Gasteiger partial charge in [-0.05, 0) is 50.3 Å². The van der Waals surface area contributed by atoms with Crippen molar-refractivity contribution in [2.75, 3.05) is 6.61 Å². The Morgan fingerprint density at radius 1 is 1.03 bits per heavy atom. The molecule has 3 amide bonds. The Labute approximate surface area is 204 Å². The van der Waals surface area contributed by atoms with Crippen LogP contribution in [0.15, 0.2) is 72.8 Å². The van der Waals surface area contributed by atoms with Gasteiger partial charge in [-0.3, -0.25) is 9.69 Å². The van der Waals surface area contributed by atoms with Crippen LogP contribution >= 0.6 is 0 Å². The van der Waals surface area contributed by atoms with Gasteiger partial charge in [0.1, 0.15) is 12.3 Å². The maximum Gasteiger partial charge on any atom is 0.417 e. The van der Waals surface area contributed by atoms with Crippen molar-refractivity contribution in [2.24, 2.45) is 0 Å². The van der Waals surface area contributed by atoms with Gasteiger partial charge < -0.3 is 14.6 Å². The summed E-state index contributed by atoms with van der Waals surface area (Å²) in [6.45, 7) is 3.60. The maximum atomic E-state index is 12.9. The first-order chi connectivity index (χ1) is 16.8. The molecule has 2 aliphatic heterocycles. The molecule has 2 aromatic carbocycles. The van der Waals surface area contributed by atoms with E-state index in [0.29, 0.717) is 19.3 Å². The van der Waals surface area contributed by atoms with Crippen molar-refractivity contribution in [1.29, 1.82) is 0 Å². The van der Waals surface area contributed by atoms with E-state index in [2.05, 4.69) is 0 Å². The Morgan fingerprint density at radius 2 is 1.63 bits per heavy atom. The number of nitrogens with zero attached hydrogens (tertiary/aromatic N) is 2. The average Bonchev–Trinajstić information content (AvgIpc) is 3.30. The molecule has 2 heterocycles. The van der Waals surface area contributed by atoms with Crippen molar-refractivity contribution < 1.29 is 29.0 Å². The van der Waals surface area contributed by atoms with Crippen LogP contribution in [-0.2, 0) is 27.1 Å². The largest absolute Gasteiger partial charge is 0.465 e.